The molecule has 0 radical (unpaired) electrons. The maximum absolute atomic E-state index is 2.32. The van der Waals surface area contributed by atoms with E-state index in [2.05, 4.69) is 419 Å². The zero-order valence-corrected chi connectivity index (χ0v) is 56.3. The topological polar surface area (TPSA) is 0 Å². The molecule has 466 valence electrons. The van der Waals surface area contributed by atoms with Crippen molar-refractivity contribution in [2.24, 2.45) is 0 Å². The molecule has 0 aliphatic heterocycles. The Hall–Kier alpha value is -11.6. The van der Waals surface area contributed by atoms with E-state index < -0.39 is 15.8 Å². The second-order valence-electron chi connectivity index (χ2n) is 24.2. The van der Waals surface area contributed by atoms with Gasteiger partial charge in [-0.2, -0.15) is 0 Å². The van der Waals surface area contributed by atoms with Crippen molar-refractivity contribution in [2.75, 3.05) is 0 Å². The predicted molar refractivity (Wildman–Crippen MR) is 435 cm³/mol. The van der Waals surface area contributed by atoms with Crippen LogP contribution in [-0.2, 0) is 0 Å². The molecule has 2 heteroatoms. The number of fused-ring (bicyclic) bond motifs is 3. The second kappa shape index (κ2) is 31.7. The molecule has 0 nitrogen and oxygen atoms in total. The Morgan fingerprint density at radius 3 is 0.531 bits per heavy atom. The van der Waals surface area contributed by atoms with Crippen LogP contribution in [0.1, 0.15) is 66.8 Å². The summed E-state index contributed by atoms with van der Waals surface area (Å²) in [5.74, 6) is 0. The zero-order valence-electron chi connectivity index (χ0n) is 54.5. The molecule has 0 N–H and O–H groups in total. The molecule has 0 aliphatic rings. The third-order valence-electron chi connectivity index (χ3n) is 17.5. The summed E-state index contributed by atoms with van der Waals surface area (Å²) in [6.45, 7) is 0. The Kier molecular flexibility index (Phi) is 20.7. The highest BCUT2D eigenvalue weighted by atomic mass is 31.1. The Balaban J connectivity index is 0.000000173. The Morgan fingerprint density at radius 2 is 0.306 bits per heavy atom. The molecular weight excluding hydrogens is 1220 g/mol. The lowest BCUT2D eigenvalue weighted by atomic mass is 10.0. The Morgan fingerprint density at radius 1 is 0.133 bits per heavy atom. The summed E-state index contributed by atoms with van der Waals surface area (Å²) >= 11 is 0. The van der Waals surface area contributed by atoms with Crippen molar-refractivity contribution in [3.8, 4) is 0 Å². The minimum absolute atomic E-state index is 0.715. The average Bonchev–Trinajstić information content (AvgIpc) is 0.830. The molecule has 0 saturated carbocycles. The first kappa shape index (κ1) is 63.8. The van der Waals surface area contributed by atoms with Gasteiger partial charge in [-0.1, -0.05) is 437 Å². The monoisotopic (exact) mass is 1290 g/mol. The summed E-state index contributed by atoms with van der Waals surface area (Å²) in [4.78, 5) is 0. The molecule has 0 fully saturated rings. The first-order chi connectivity index (χ1) is 48.5. The van der Waals surface area contributed by atoms with Crippen LogP contribution < -0.4 is 31.8 Å². The molecule has 15 aromatic carbocycles. The van der Waals surface area contributed by atoms with Crippen molar-refractivity contribution in [1.29, 1.82) is 0 Å². The average molecular weight is 1290 g/mol. The van der Waals surface area contributed by atoms with E-state index >= 15 is 0 Å². The predicted octanol–water partition coefficient (Wildman–Crippen LogP) is 23.4. The highest BCUT2D eigenvalue weighted by Crippen LogP contribution is 2.36. The van der Waals surface area contributed by atoms with Crippen LogP contribution in [0.2, 0.25) is 0 Å². The van der Waals surface area contributed by atoms with Gasteiger partial charge in [0, 0.05) is 0 Å². The van der Waals surface area contributed by atoms with Crippen molar-refractivity contribution in [2.45, 2.75) is 0 Å². The van der Waals surface area contributed by atoms with Crippen molar-refractivity contribution in [3.05, 3.63) is 431 Å². The van der Waals surface area contributed by atoms with Crippen LogP contribution in [0.5, 0.6) is 0 Å². The van der Waals surface area contributed by atoms with Gasteiger partial charge < -0.3 is 0 Å². The number of benzene rings is 15. The van der Waals surface area contributed by atoms with E-state index in [0.29, 0.717) is 0 Å². The third-order valence-corrected chi connectivity index (χ3v) is 22.4. The van der Waals surface area contributed by atoms with Crippen LogP contribution in [0.15, 0.2) is 364 Å². The van der Waals surface area contributed by atoms with Crippen molar-refractivity contribution >= 4 is 153 Å². The first-order valence-corrected chi connectivity index (χ1v) is 36.1. The minimum atomic E-state index is -0.785. The standard InChI is InChI=1S/C54H39P.C42H33P/c1-4-19-52-43(10-1)13-7-16-46(52)31-22-40-25-34-49(35-26-40)55(50-36-27-41(28-37-50)23-32-47-17-8-14-44-11-2-5-20-53(44)47)51-38-29-42(30-39-51)24-33-48-18-9-15-45-12-3-6-21-54(45)48;1-4-10-34(11-5-1)16-19-37-22-28-40(29-23-37)43(41-30-24-38(25-31-41)20-17-35-12-6-2-7-13-35)42-32-26-39(27-33-42)21-18-36-14-8-3-9-15-36/h1-39H;1-33H/b31-22+,32-23+,33-24+;19-16+,20-17+,21-18+. The van der Waals surface area contributed by atoms with Crippen LogP contribution in [0.25, 0.3) is 105 Å². The fourth-order valence-corrected chi connectivity index (χ4v) is 16.8. The molecule has 0 bridgehead atoms. The van der Waals surface area contributed by atoms with Gasteiger partial charge in [-0.3, -0.25) is 0 Å². The first-order valence-electron chi connectivity index (χ1n) is 33.4. The molecule has 0 aromatic heterocycles. The van der Waals surface area contributed by atoms with E-state index in [1.165, 1.54) is 131 Å². The lowest BCUT2D eigenvalue weighted by molar-refractivity contribution is 1.65. The normalized spacial score (nSPS) is 11.8. The number of hydrogen-bond donors (Lipinski definition) is 0. The van der Waals surface area contributed by atoms with Crippen molar-refractivity contribution < 1.29 is 0 Å². The fraction of sp³-hybridized carbons (Fsp3) is 0. The molecule has 0 unspecified atom stereocenters. The maximum Gasteiger partial charge on any atom is -0.0111 e. The van der Waals surface area contributed by atoms with E-state index in [9.17, 15) is 0 Å². The Bertz CT molecular complexity index is 4740. The fourth-order valence-electron chi connectivity index (χ4n) is 12.3. The molecule has 0 atom stereocenters. The van der Waals surface area contributed by atoms with E-state index in [1.54, 1.807) is 0 Å². The largest absolute Gasteiger partial charge is 0.0622 e. The quantitative estimate of drug-likeness (QED) is 0.0593. The van der Waals surface area contributed by atoms with Crippen LogP contribution >= 0.6 is 15.8 Å². The van der Waals surface area contributed by atoms with Crippen molar-refractivity contribution in [3.63, 3.8) is 0 Å². The zero-order chi connectivity index (χ0) is 65.9. The molecule has 15 aromatic rings. The van der Waals surface area contributed by atoms with E-state index in [1.807, 2.05) is 18.2 Å². The van der Waals surface area contributed by atoms with E-state index in [0.717, 1.165) is 0 Å². The SMILES string of the molecule is C(=C\c1ccc(P(c2ccc(/C=C/c3ccccc3)cc2)c2ccc(/C=C/c3ccccc3)cc2)cc1)/c1ccccc1.C(=C\c1cccc2ccccc12)/c1ccc(P(c2ccc(/C=C/c3cccc4ccccc34)cc2)c2ccc(/C=C/c3cccc4ccccc34)cc2)cc1. The number of hydrogen-bond acceptors (Lipinski definition) is 0. The van der Waals surface area contributed by atoms with Gasteiger partial charge in [-0.25, -0.2) is 0 Å². The summed E-state index contributed by atoms with van der Waals surface area (Å²) in [6.07, 6.45) is 26.4. The lowest BCUT2D eigenvalue weighted by Crippen LogP contribution is -2.20. The molecule has 0 amide bonds. The maximum atomic E-state index is 2.32. The molecule has 15 rings (SSSR count). The van der Waals surface area contributed by atoms with Crippen LogP contribution in [-0.4, -0.2) is 0 Å². The van der Waals surface area contributed by atoms with Crippen LogP contribution in [0.3, 0.4) is 0 Å². The van der Waals surface area contributed by atoms with Gasteiger partial charge in [0.1, 0.15) is 0 Å². The van der Waals surface area contributed by atoms with Crippen LogP contribution in [0.4, 0.5) is 0 Å². The molecule has 0 aliphatic carbocycles. The summed E-state index contributed by atoms with van der Waals surface area (Å²) in [5, 5.41) is 15.6. The summed E-state index contributed by atoms with van der Waals surface area (Å²) in [6, 6.07) is 131. The summed E-state index contributed by atoms with van der Waals surface area (Å²) < 4.78 is 0. The number of rotatable bonds is 18. The van der Waals surface area contributed by atoms with Gasteiger partial charge >= 0.3 is 0 Å². The van der Waals surface area contributed by atoms with Gasteiger partial charge in [0.05, 0.1) is 0 Å². The van der Waals surface area contributed by atoms with Crippen molar-refractivity contribution in [1.82, 2.24) is 0 Å². The highest BCUT2D eigenvalue weighted by molar-refractivity contribution is 7.80. The van der Waals surface area contributed by atoms with Gasteiger partial charge in [0.25, 0.3) is 0 Å². The van der Waals surface area contributed by atoms with Gasteiger partial charge in [0.2, 0.25) is 0 Å². The third kappa shape index (κ3) is 16.4. The molecular formula is C96H72P2. The van der Waals surface area contributed by atoms with Gasteiger partial charge in [-0.15, -0.1) is 0 Å². The molecule has 0 saturated heterocycles. The molecule has 0 heterocycles. The summed E-state index contributed by atoms with van der Waals surface area (Å²) in [7, 11) is -1.50. The smallest absolute Gasteiger partial charge is 0.0111 e. The van der Waals surface area contributed by atoms with Crippen LogP contribution in [0, 0.1) is 0 Å². The highest BCUT2D eigenvalue weighted by Gasteiger charge is 2.19. The van der Waals surface area contributed by atoms with E-state index in [-0.39, 0.29) is 0 Å². The minimum Gasteiger partial charge on any atom is -0.0622 e. The van der Waals surface area contributed by atoms with Gasteiger partial charge in [0.15, 0.2) is 0 Å². The van der Waals surface area contributed by atoms with Gasteiger partial charge in [-0.05, 0) is 147 Å². The second-order valence-corrected chi connectivity index (χ2v) is 28.6. The summed E-state index contributed by atoms with van der Waals surface area (Å²) in [5.41, 5.74) is 14.5. The lowest BCUT2D eigenvalue weighted by Gasteiger charge is -2.20. The molecule has 98 heavy (non-hydrogen) atoms. The molecule has 0 spiro atoms. The van der Waals surface area contributed by atoms with E-state index in [4.69, 9.17) is 0 Å². The Labute approximate surface area is 579 Å².